The zero-order chi connectivity index (χ0) is 8.43. The lowest BCUT2D eigenvalue weighted by Crippen LogP contribution is -1.89. The molecule has 60 valence electrons. The summed E-state index contributed by atoms with van der Waals surface area (Å²) in [6, 6.07) is 4.19. The van der Waals surface area contributed by atoms with E-state index < -0.39 is 0 Å². The molecule has 0 spiro atoms. The van der Waals surface area contributed by atoms with Crippen LogP contribution in [0.5, 0.6) is 0 Å². The second kappa shape index (κ2) is 3.63. The molecular formula is C9H11BrS. The summed E-state index contributed by atoms with van der Waals surface area (Å²) in [5.74, 6) is 0.819. The number of hydrogen-bond acceptors (Lipinski definition) is 1. The van der Waals surface area contributed by atoms with Crippen LogP contribution in [0.4, 0.5) is 0 Å². The Morgan fingerprint density at radius 2 is 1.91 bits per heavy atom. The van der Waals surface area contributed by atoms with Gasteiger partial charge >= 0.3 is 0 Å². The molecule has 0 aliphatic rings. The van der Waals surface area contributed by atoms with Gasteiger partial charge in [-0.3, -0.25) is 0 Å². The molecule has 0 radical (unpaired) electrons. The SMILES string of the molecule is Cc1c(Br)ccc(CS)c1C. The second-order valence-corrected chi connectivity index (χ2v) is 3.79. The molecule has 0 N–H and O–H groups in total. The molecule has 0 saturated carbocycles. The normalized spacial score (nSPS) is 10.2. The fourth-order valence-corrected chi connectivity index (χ4v) is 1.79. The van der Waals surface area contributed by atoms with Crippen LogP contribution in [-0.4, -0.2) is 0 Å². The van der Waals surface area contributed by atoms with E-state index in [0.717, 1.165) is 5.75 Å². The van der Waals surface area contributed by atoms with Gasteiger partial charge in [0.05, 0.1) is 0 Å². The third kappa shape index (κ3) is 1.79. The average Bonchev–Trinajstić information content (AvgIpc) is 2.01. The molecule has 0 nitrogen and oxygen atoms in total. The van der Waals surface area contributed by atoms with Gasteiger partial charge < -0.3 is 0 Å². The summed E-state index contributed by atoms with van der Waals surface area (Å²) < 4.78 is 1.18. The molecule has 0 amide bonds. The molecule has 0 bridgehead atoms. The highest BCUT2D eigenvalue weighted by Crippen LogP contribution is 2.23. The maximum absolute atomic E-state index is 4.25. The van der Waals surface area contributed by atoms with Crippen molar-refractivity contribution >= 4 is 28.6 Å². The summed E-state index contributed by atoms with van der Waals surface area (Å²) >= 11 is 7.73. The second-order valence-electron chi connectivity index (χ2n) is 2.61. The van der Waals surface area contributed by atoms with Gasteiger partial charge in [0.2, 0.25) is 0 Å². The highest BCUT2D eigenvalue weighted by Gasteiger charge is 2.01. The van der Waals surface area contributed by atoms with E-state index in [4.69, 9.17) is 0 Å². The molecule has 0 atom stereocenters. The van der Waals surface area contributed by atoms with Crippen molar-refractivity contribution < 1.29 is 0 Å². The quantitative estimate of drug-likeness (QED) is 0.702. The number of hydrogen-bond donors (Lipinski definition) is 1. The van der Waals surface area contributed by atoms with Crippen LogP contribution in [0.15, 0.2) is 16.6 Å². The predicted molar refractivity (Wildman–Crippen MR) is 56.3 cm³/mol. The van der Waals surface area contributed by atoms with Gasteiger partial charge in [-0.2, -0.15) is 12.6 Å². The van der Waals surface area contributed by atoms with Crippen LogP contribution < -0.4 is 0 Å². The highest BCUT2D eigenvalue weighted by molar-refractivity contribution is 9.10. The Morgan fingerprint density at radius 3 is 2.45 bits per heavy atom. The van der Waals surface area contributed by atoms with Crippen LogP contribution in [0.2, 0.25) is 0 Å². The fourth-order valence-electron chi connectivity index (χ4n) is 1.02. The minimum atomic E-state index is 0.819. The standard InChI is InChI=1S/C9H11BrS/c1-6-7(2)9(10)4-3-8(6)5-11/h3-4,11H,5H2,1-2H3. The fraction of sp³-hybridized carbons (Fsp3) is 0.333. The molecule has 0 unspecified atom stereocenters. The van der Waals surface area contributed by atoms with Gasteiger partial charge in [0.25, 0.3) is 0 Å². The van der Waals surface area contributed by atoms with Gasteiger partial charge in [0, 0.05) is 10.2 Å². The molecule has 1 aromatic carbocycles. The van der Waals surface area contributed by atoms with Gasteiger partial charge in [0.1, 0.15) is 0 Å². The molecule has 0 heterocycles. The third-order valence-electron chi connectivity index (χ3n) is 2.00. The maximum Gasteiger partial charge on any atom is 0.0207 e. The number of benzene rings is 1. The topological polar surface area (TPSA) is 0 Å². The summed E-state index contributed by atoms with van der Waals surface area (Å²) in [6.07, 6.45) is 0. The van der Waals surface area contributed by atoms with Crippen LogP contribution in [0.3, 0.4) is 0 Å². The summed E-state index contributed by atoms with van der Waals surface area (Å²) in [6.45, 7) is 4.25. The van der Waals surface area contributed by atoms with Crippen LogP contribution in [0, 0.1) is 13.8 Å². The summed E-state index contributed by atoms with van der Waals surface area (Å²) in [7, 11) is 0. The van der Waals surface area contributed by atoms with Crippen LogP contribution in [0.1, 0.15) is 16.7 Å². The van der Waals surface area contributed by atoms with Crippen molar-refractivity contribution in [2.24, 2.45) is 0 Å². The Morgan fingerprint density at radius 1 is 1.27 bits per heavy atom. The van der Waals surface area contributed by atoms with E-state index in [-0.39, 0.29) is 0 Å². The first-order valence-corrected chi connectivity index (χ1v) is 4.94. The Kier molecular flexibility index (Phi) is 3.02. The van der Waals surface area contributed by atoms with Gasteiger partial charge in [-0.25, -0.2) is 0 Å². The van der Waals surface area contributed by atoms with E-state index in [1.165, 1.54) is 21.2 Å². The first kappa shape index (κ1) is 9.14. The number of thiol groups is 1. The van der Waals surface area contributed by atoms with Crippen LogP contribution >= 0.6 is 28.6 Å². The molecule has 0 aliphatic heterocycles. The lowest BCUT2D eigenvalue weighted by Gasteiger charge is -2.07. The van der Waals surface area contributed by atoms with Crippen LogP contribution in [-0.2, 0) is 5.75 Å². The van der Waals surface area contributed by atoms with Crippen molar-refractivity contribution in [2.75, 3.05) is 0 Å². The number of rotatable bonds is 1. The summed E-state index contributed by atoms with van der Waals surface area (Å²) in [5, 5.41) is 0. The van der Waals surface area contributed by atoms with Crippen molar-refractivity contribution in [1.29, 1.82) is 0 Å². The largest absolute Gasteiger partial charge is 0.175 e. The van der Waals surface area contributed by atoms with Gasteiger partial charge in [-0.1, -0.05) is 22.0 Å². The van der Waals surface area contributed by atoms with Gasteiger partial charge in [-0.05, 0) is 36.6 Å². The molecule has 11 heavy (non-hydrogen) atoms. The molecule has 0 fully saturated rings. The molecule has 2 heteroatoms. The summed E-state index contributed by atoms with van der Waals surface area (Å²) in [4.78, 5) is 0. The molecule has 0 saturated heterocycles. The minimum Gasteiger partial charge on any atom is -0.175 e. The first-order chi connectivity index (χ1) is 5.16. The lowest BCUT2D eigenvalue weighted by molar-refractivity contribution is 1.23. The molecule has 1 rings (SSSR count). The lowest BCUT2D eigenvalue weighted by atomic mass is 10.1. The van der Waals surface area contributed by atoms with E-state index in [1.807, 2.05) is 0 Å². The molecule has 0 aliphatic carbocycles. The Bertz CT molecular complexity index is 269. The van der Waals surface area contributed by atoms with E-state index in [2.05, 4.69) is 54.5 Å². The molecular weight excluding hydrogens is 220 g/mol. The summed E-state index contributed by atoms with van der Waals surface area (Å²) in [5.41, 5.74) is 3.97. The zero-order valence-corrected chi connectivity index (χ0v) is 9.17. The van der Waals surface area contributed by atoms with Crippen molar-refractivity contribution in [3.8, 4) is 0 Å². The predicted octanol–water partition coefficient (Wildman–Crippen LogP) is 3.50. The van der Waals surface area contributed by atoms with Crippen LogP contribution in [0.25, 0.3) is 0 Å². The maximum atomic E-state index is 4.25. The van der Waals surface area contributed by atoms with E-state index in [9.17, 15) is 0 Å². The average molecular weight is 231 g/mol. The Labute approximate surface area is 81.5 Å². The minimum absolute atomic E-state index is 0.819. The van der Waals surface area contributed by atoms with E-state index in [1.54, 1.807) is 0 Å². The van der Waals surface area contributed by atoms with Crippen molar-refractivity contribution in [3.05, 3.63) is 33.3 Å². The van der Waals surface area contributed by atoms with Gasteiger partial charge in [0.15, 0.2) is 0 Å². The van der Waals surface area contributed by atoms with Crippen molar-refractivity contribution in [2.45, 2.75) is 19.6 Å². The third-order valence-corrected chi connectivity index (χ3v) is 3.20. The highest BCUT2D eigenvalue weighted by atomic mass is 79.9. The molecule has 1 aromatic rings. The first-order valence-electron chi connectivity index (χ1n) is 3.52. The Balaban J connectivity index is 3.25. The van der Waals surface area contributed by atoms with E-state index in [0.29, 0.717) is 0 Å². The molecule has 0 aromatic heterocycles. The Hall–Kier alpha value is 0.0500. The smallest absolute Gasteiger partial charge is 0.0207 e. The van der Waals surface area contributed by atoms with Gasteiger partial charge in [-0.15, -0.1) is 0 Å². The van der Waals surface area contributed by atoms with E-state index >= 15 is 0 Å². The number of halogens is 1. The monoisotopic (exact) mass is 230 g/mol. The van der Waals surface area contributed by atoms with Crippen molar-refractivity contribution in [1.82, 2.24) is 0 Å². The zero-order valence-electron chi connectivity index (χ0n) is 6.69. The van der Waals surface area contributed by atoms with Crippen molar-refractivity contribution in [3.63, 3.8) is 0 Å².